The Bertz CT molecular complexity index is 194. The molecule has 0 spiro atoms. The monoisotopic (exact) mass is 186 g/mol. The summed E-state index contributed by atoms with van der Waals surface area (Å²) in [7, 11) is 0. The van der Waals surface area contributed by atoms with E-state index >= 15 is 0 Å². The van der Waals surface area contributed by atoms with Gasteiger partial charge in [0.15, 0.2) is 0 Å². The molecule has 0 radical (unpaired) electrons. The van der Waals surface area contributed by atoms with Crippen molar-refractivity contribution in [2.75, 3.05) is 6.67 Å². The van der Waals surface area contributed by atoms with Crippen LogP contribution in [0.1, 0.15) is 33.6 Å². The summed E-state index contributed by atoms with van der Waals surface area (Å²) < 4.78 is 5.20. The Balaban J connectivity index is 2.44. The van der Waals surface area contributed by atoms with Crippen molar-refractivity contribution < 1.29 is 9.53 Å². The SMILES string of the molecule is CC(C)(C)OC(=O)N(CN)C1CC1. The number of nitrogens with zero attached hydrogens (tertiary/aromatic N) is 1. The first kappa shape index (κ1) is 10.3. The van der Waals surface area contributed by atoms with E-state index in [1.54, 1.807) is 4.90 Å². The molecule has 0 aromatic rings. The number of nitrogens with two attached hydrogens (primary N) is 1. The van der Waals surface area contributed by atoms with E-state index in [0.29, 0.717) is 6.04 Å². The zero-order chi connectivity index (χ0) is 10.1. The minimum Gasteiger partial charge on any atom is -0.444 e. The first-order valence-electron chi connectivity index (χ1n) is 4.64. The molecule has 0 aromatic carbocycles. The van der Waals surface area contributed by atoms with E-state index in [0.717, 1.165) is 12.8 Å². The van der Waals surface area contributed by atoms with Crippen LogP contribution in [0.15, 0.2) is 0 Å². The number of amides is 1. The van der Waals surface area contributed by atoms with Crippen molar-refractivity contribution >= 4 is 6.09 Å². The summed E-state index contributed by atoms with van der Waals surface area (Å²) in [6, 6.07) is 0.319. The van der Waals surface area contributed by atoms with E-state index in [1.807, 2.05) is 20.8 Å². The van der Waals surface area contributed by atoms with Crippen molar-refractivity contribution in [3.63, 3.8) is 0 Å². The molecular weight excluding hydrogens is 168 g/mol. The lowest BCUT2D eigenvalue weighted by Crippen LogP contribution is -2.41. The summed E-state index contributed by atoms with van der Waals surface area (Å²) in [6.45, 7) is 5.81. The van der Waals surface area contributed by atoms with Crippen LogP contribution in [0.2, 0.25) is 0 Å². The van der Waals surface area contributed by atoms with Crippen molar-refractivity contribution in [2.45, 2.75) is 45.3 Å². The summed E-state index contributed by atoms with van der Waals surface area (Å²) >= 11 is 0. The van der Waals surface area contributed by atoms with E-state index in [1.165, 1.54) is 0 Å². The Morgan fingerprint density at radius 3 is 2.38 bits per heavy atom. The number of rotatable bonds is 2. The molecule has 0 heterocycles. The number of hydrogen-bond acceptors (Lipinski definition) is 3. The second-order valence-corrected chi connectivity index (χ2v) is 4.36. The van der Waals surface area contributed by atoms with Crippen molar-refractivity contribution in [3.05, 3.63) is 0 Å². The average Bonchev–Trinajstić information content (AvgIpc) is 2.68. The quantitative estimate of drug-likeness (QED) is 0.661. The van der Waals surface area contributed by atoms with Crippen LogP contribution in [0, 0.1) is 0 Å². The largest absolute Gasteiger partial charge is 0.444 e. The number of carbonyl (C=O) groups is 1. The third kappa shape index (κ3) is 3.22. The second kappa shape index (κ2) is 3.54. The normalized spacial score (nSPS) is 16.9. The zero-order valence-corrected chi connectivity index (χ0v) is 8.54. The number of carbonyl (C=O) groups excluding carboxylic acids is 1. The third-order valence-corrected chi connectivity index (χ3v) is 1.81. The lowest BCUT2D eigenvalue weighted by molar-refractivity contribution is 0.0239. The first-order valence-corrected chi connectivity index (χ1v) is 4.64. The molecule has 76 valence electrons. The molecule has 4 nitrogen and oxygen atoms in total. The van der Waals surface area contributed by atoms with E-state index < -0.39 is 5.60 Å². The molecule has 2 N–H and O–H groups in total. The second-order valence-electron chi connectivity index (χ2n) is 4.36. The Labute approximate surface area is 79.0 Å². The van der Waals surface area contributed by atoms with Gasteiger partial charge in [-0.25, -0.2) is 4.79 Å². The first-order chi connectivity index (χ1) is 5.94. The molecule has 1 rings (SSSR count). The van der Waals surface area contributed by atoms with E-state index in [4.69, 9.17) is 10.5 Å². The topological polar surface area (TPSA) is 55.6 Å². The van der Waals surface area contributed by atoms with Gasteiger partial charge < -0.3 is 10.5 Å². The van der Waals surface area contributed by atoms with Gasteiger partial charge in [-0.15, -0.1) is 0 Å². The maximum absolute atomic E-state index is 11.5. The maximum Gasteiger partial charge on any atom is 0.411 e. The molecule has 0 saturated heterocycles. The van der Waals surface area contributed by atoms with Crippen molar-refractivity contribution in [1.29, 1.82) is 0 Å². The van der Waals surface area contributed by atoms with Crippen LogP contribution >= 0.6 is 0 Å². The molecule has 13 heavy (non-hydrogen) atoms. The minimum atomic E-state index is -0.431. The van der Waals surface area contributed by atoms with Crippen LogP contribution in [0.3, 0.4) is 0 Å². The smallest absolute Gasteiger partial charge is 0.411 e. The highest BCUT2D eigenvalue weighted by Gasteiger charge is 2.34. The van der Waals surface area contributed by atoms with Crippen LogP contribution in [0.4, 0.5) is 4.79 Å². The van der Waals surface area contributed by atoms with Crippen molar-refractivity contribution in [3.8, 4) is 0 Å². The van der Waals surface area contributed by atoms with Gasteiger partial charge in [0.05, 0.1) is 6.67 Å². The highest BCUT2D eigenvalue weighted by Crippen LogP contribution is 2.27. The minimum absolute atomic E-state index is 0.250. The van der Waals surface area contributed by atoms with Crippen LogP contribution in [-0.4, -0.2) is 29.3 Å². The van der Waals surface area contributed by atoms with E-state index in [-0.39, 0.29) is 12.8 Å². The van der Waals surface area contributed by atoms with Gasteiger partial charge >= 0.3 is 6.09 Å². The molecule has 1 fully saturated rings. The lowest BCUT2D eigenvalue weighted by Gasteiger charge is -2.26. The van der Waals surface area contributed by atoms with Crippen LogP contribution in [0.25, 0.3) is 0 Å². The molecule has 0 bridgehead atoms. The molecule has 1 aliphatic rings. The van der Waals surface area contributed by atoms with E-state index in [9.17, 15) is 4.79 Å². The zero-order valence-electron chi connectivity index (χ0n) is 8.54. The summed E-state index contributed by atoms with van der Waals surface area (Å²) in [6.07, 6.45) is 1.81. The molecule has 1 aliphatic carbocycles. The molecule has 0 atom stereocenters. The molecule has 1 amide bonds. The Kier molecular flexibility index (Phi) is 2.81. The van der Waals surface area contributed by atoms with Crippen LogP contribution in [0.5, 0.6) is 0 Å². The summed E-state index contributed by atoms with van der Waals surface area (Å²) in [4.78, 5) is 13.1. The van der Waals surface area contributed by atoms with Gasteiger partial charge in [-0.05, 0) is 33.6 Å². The Hall–Kier alpha value is -0.770. The van der Waals surface area contributed by atoms with Crippen LogP contribution < -0.4 is 5.73 Å². The Morgan fingerprint density at radius 2 is 2.08 bits per heavy atom. The highest BCUT2D eigenvalue weighted by atomic mass is 16.6. The fourth-order valence-corrected chi connectivity index (χ4v) is 1.08. The highest BCUT2D eigenvalue weighted by molar-refractivity contribution is 5.68. The molecule has 0 aromatic heterocycles. The molecule has 0 unspecified atom stereocenters. The average molecular weight is 186 g/mol. The molecule has 0 aliphatic heterocycles. The van der Waals surface area contributed by atoms with Gasteiger partial charge in [0.1, 0.15) is 5.60 Å². The maximum atomic E-state index is 11.5. The lowest BCUT2D eigenvalue weighted by atomic mass is 10.2. The molecular formula is C9H18N2O2. The van der Waals surface area contributed by atoms with Gasteiger partial charge in [0.2, 0.25) is 0 Å². The summed E-state index contributed by atoms with van der Waals surface area (Å²) in [5.41, 5.74) is 5.03. The number of hydrogen-bond donors (Lipinski definition) is 1. The van der Waals surface area contributed by atoms with Gasteiger partial charge in [-0.2, -0.15) is 0 Å². The van der Waals surface area contributed by atoms with Gasteiger partial charge in [-0.1, -0.05) is 0 Å². The van der Waals surface area contributed by atoms with Gasteiger partial charge in [-0.3, -0.25) is 4.90 Å². The fourth-order valence-electron chi connectivity index (χ4n) is 1.08. The standard InChI is InChI=1S/C9H18N2O2/c1-9(2,3)13-8(12)11(6-10)7-4-5-7/h7H,4-6,10H2,1-3H3. The van der Waals surface area contributed by atoms with Gasteiger partial charge in [0.25, 0.3) is 0 Å². The molecule has 1 saturated carbocycles. The predicted octanol–water partition coefficient (Wildman–Crippen LogP) is 1.30. The summed E-state index contributed by atoms with van der Waals surface area (Å²) in [5, 5.41) is 0. The van der Waals surface area contributed by atoms with Crippen molar-refractivity contribution in [1.82, 2.24) is 4.90 Å². The summed E-state index contributed by atoms with van der Waals surface area (Å²) in [5.74, 6) is 0. The number of ether oxygens (including phenoxy) is 1. The predicted molar refractivity (Wildman–Crippen MR) is 50.1 cm³/mol. The van der Waals surface area contributed by atoms with Crippen LogP contribution in [-0.2, 0) is 4.74 Å². The third-order valence-electron chi connectivity index (χ3n) is 1.81. The Morgan fingerprint density at radius 1 is 1.54 bits per heavy atom. The fraction of sp³-hybridized carbons (Fsp3) is 0.889. The van der Waals surface area contributed by atoms with E-state index in [2.05, 4.69) is 0 Å². The van der Waals surface area contributed by atoms with Crippen molar-refractivity contribution in [2.24, 2.45) is 5.73 Å². The molecule has 4 heteroatoms. The van der Waals surface area contributed by atoms with Gasteiger partial charge in [0, 0.05) is 6.04 Å².